The standard InChI is InChI=1S/C13H15ClN4O2/c1-8(2)20-5-3-4-18-11-10(9(6-15)12(18)14)16-7-17-13(11)19/h7-8H,3-5H2,1-2H3,(H,16,17,19). The van der Waals surface area contributed by atoms with Gasteiger partial charge in [0.05, 0.1) is 12.4 Å². The maximum Gasteiger partial charge on any atom is 0.275 e. The van der Waals surface area contributed by atoms with Crippen LogP contribution in [0.25, 0.3) is 11.0 Å². The third kappa shape index (κ3) is 2.69. The van der Waals surface area contributed by atoms with Gasteiger partial charge in [-0.2, -0.15) is 5.26 Å². The Labute approximate surface area is 120 Å². The number of fused-ring (bicyclic) bond motifs is 1. The minimum Gasteiger partial charge on any atom is -0.379 e. The van der Waals surface area contributed by atoms with Gasteiger partial charge >= 0.3 is 0 Å². The van der Waals surface area contributed by atoms with E-state index in [1.54, 1.807) is 4.57 Å². The molecule has 0 aliphatic carbocycles. The van der Waals surface area contributed by atoms with E-state index in [2.05, 4.69) is 9.97 Å². The Balaban J connectivity index is 2.36. The lowest BCUT2D eigenvalue weighted by Gasteiger charge is -2.09. The van der Waals surface area contributed by atoms with Crippen LogP contribution in [0.15, 0.2) is 11.1 Å². The summed E-state index contributed by atoms with van der Waals surface area (Å²) < 4.78 is 7.07. The Kier molecular flexibility index (Phi) is 4.42. The molecule has 2 rings (SSSR count). The first-order valence-electron chi connectivity index (χ1n) is 6.33. The Morgan fingerprint density at radius 1 is 1.60 bits per heavy atom. The summed E-state index contributed by atoms with van der Waals surface area (Å²) in [6.07, 6.45) is 2.13. The number of halogens is 1. The first kappa shape index (κ1) is 14.6. The van der Waals surface area contributed by atoms with Crippen LogP contribution in [0.5, 0.6) is 0 Å². The van der Waals surface area contributed by atoms with Crippen molar-refractivity contribution in [2.24, 2.45) is 0 Å². The van der Waals surface area contributed by atoms with Gasteiger partial charge in [0.2, 0.25) is 0 Å². The Morgan fingerprint density at radius 2 is 2.35 bits per heavy atom. The monoisotopic (exact) mass is 294 g/mol. The topological polar surface area (TPSA) is 83.7 Å². The molecule has 0 saturated heterocycles. The summed E-state index contributed by atoms with van der Waals surface area (Å²) in [6, 6.07) is 2.00. The number of hydrogen-bond acceptors (Lipinski definition) is 4. The van der Waals surface area contributed by atoms with Crippen LogP contribution in [0.4, 0.5) is 0 Å². The van der Waals surface area contributed by atoms with Crippen LogP contribution in [0.3, 0.4) is 0 Å². The van der Waals surface area contributed by atoms with Crippen molar-refractivity contribution in [1.29, 1.82) is 5.26 Å². The number of H-pyrrole nitrogens is 1. The summed E-state index contributed by atoms with van der Waals surface area (Å²) in [5.41, 5.74) is 0.602. The molecule has 2 aromatic heterocycles. The second-order valence-corrected chi connectivity index (χ2v) is 4.99. The average Bonchev–Trinajstić information content (AvgIpc) is 2.68. The number of nitriles is 1. The van der Waals surface area contributed by atoms with E-state index >= 15 is 0 Å². The molecule has 106 valence electrons. The van der Waals surface area contributed by atoms with E-state index in [1.165, 1.54) is 6.33 Å². The van der Waals surface area contributed by atoms with Crippen molar-refractivity contribution in [3.8, 4) is 6.07 Å². The predicted octanol–water partition coefficient (Wildman–Crippen LogP) is 2.06. The summed E-state index contributed by atoms with van der Waals surface area (Å²) in [5.74, 6) is 0. The van der Waals surface area contributed by atoms with Crippen LogP contribution in [0.2, 0.25) is 5.15 Å². The molecule has 0 bridgehead atoms. The number of nitrogens with one attached hydrogen (secondary N) is 1. The highest BCUT2D eigenvalue weighted by Crippen LogP contribution is 2.25. The molecule has 0 atom stereocenters. The molecule has 7 heteroatoms. The molecule has 0 amide bonds. The van der Waals surface area contributed by atoms with Crippen LogP contribution in [0.1, 0.15) is 25.8 Å². The Bertz CT molecular complexity index is 711. The highest BCUT2D eigenvalue weighted by atomic mass is 35.5. The lowest BCUT2D eigenvalue weighted by Crippen LogP contribution is -2.13. The molecule has 0 aromatic carbocycles. The van der Waals surface area contributed by atoms with Crippen molar-refractivity contribution in [2.45, 2.75) is 32.9 Å². The summed E-state index contributed by atoms with van der Waals surface area (Å²) >= 11 is 6.17. The van der Waals surface area contributed by atoms with Gasteiger partial charge in [-0.15, -0.1) is 0 Å². The first-order valence-corrected chi connectivity index (χ1v) is 6.71. The molecule has 0 spiro atoms. The van der Waals surface area contributed by atoms with Crippen LogP contribution in [-0.4, -0.2) is 27.2 Å². The van der Waals surface area contributed by atoms with Crippen molar-refractivity contribution >= 4 is 22.6 Å². The normalized spacial score (nSPS) is 11.2. The third-order valence-electron chi connectivity index (χ3n) is 2.87. The molecule has 0 fully saturated rings. The number of hydrogen-bond donors (Lipinski definition) is 1. The average molecular weight is 295 g/mol. The van der Waals surface area contributed by atoms with E-state index in [0.717, 1.165) is 0 Å². The summed E-state index contributed by atoms with van der Waals surface area (Å²) in [5, 5.41) is 9.39. The molecule has 0 saturated carbocycles. The molecule has 0 aliphatic heterocycles. The number of nitrogens with zero attached hydrogens (tertiary/aromatic N) is 3. The number of aryl methyl sites for hydroxylation is 1. The molecule has 0 unspecified atom stereocenters. The number of aromatic nitrogens is 3. The van der Waals surface area contributed by atoms with E-state index in [9.17, 15) is 4.79 Å². The lowest BCUT2D eigenvalue weighted by molar-refractivity contribution is 0.0750. The quantitative estimate of drug-likeness (QED) is 0.856. The number of ether oxygens (including phenoxy) is 1. The maximum atomic E-state index is 11.9. The molecular formula is C13H15ClN4O2. The van der Waals surface area contributed by atoms with Crippen molar-refractivity contribution < 1.29 is 4.74 Å². The van der Waals surface area contributed by atoms with Gasteiger partial charge < -0.3 is 14.3 Å². The molecule has 1 N–H and O–H groups in total. The van der Waals surface area contributed by atoms with Gasteiger partial charge in [0.15, 0.2) is 0 Å². The van der Waals surface area contributed by atoms with E-state index in [0.29, 0.717) is 30.6 Å². The molecule has 2 heterocycles. The van der Waals surface area contributed by atoms with E-state index in [-0.39, 0.29) is 22.4 Å². The third-order valence-corrected chi connectivity index (χ3v) is 3.26. The second-order valence-electron chi connectivity index (χ2n) is 4.63. The Morgan fingerprint density at radius 3 is 3.00 bits per heavy atom. The first-order chi connectivity index (χ1) is 9.56. The van der Waals surface area contributed by atoms with Crippen LogP contribution < -0.4 is 5.56 Å². The van der Waals surface area contributed by atoms with Gasteiger partial charge in [-0.25, -0.2) is 4.98 Å². The van der Waals surface area contributed by atoms with E-state index in [4.69, 9.17) is 21.6 Å². The van der Waals surface area contributed by atoms with Crippen molar-refractivity contribution in [2.75, 3.05) is 6.61 Å². The second kappa shape index (κ2) is 6.07. The smallest absolute Gasteiger partial charge is 0.275 e. The van der Waals surface area contributed by atoms with Crippen LogP contribution in [-0.2, 0) is 11.3 Å². The fraction of sp³-hybridized carbons (Fsp3) is 0.462. The number of aromatic amines is 1. The summed E-state index contributed by atoms with van der Waals surface area (Å²) in [7, 11) is 0. The van der Waals surface area contributed by atoms with Gasteiger partial charge in [-0.3, -0.25) is 4.79 Å². The predicted molar refractivity (Wildman–Crippen MR) is 75.8 cm³/mol. The van der Waals surface area contributed by atoms with Gasteiger partial charge in [0, 0.05) is 13.2 Å². The van der Waals surface area contributed by atoms with Gasteiger partial charge in [-0.05, 0) is 20.3 Å². The van der Waals surface area contributed by atoms with Gasteiger partial charge in [-0.1, -0.05) is 11.6 Å². The molecule has 6 nitrogen and oxygen atoms in total. The van der Waals surface area contributed by atoms with Gasteiger partial charge in [0.25, 0.3) is 5.56 Å². The molecule has 0 radical (unpaired) electrons. The summed E-state index contributed by atoms with van der Waals surface area (Å²) in [4.78, 5) is 18.4. The molecule has 0 aliphatic rings. The Hall–Kier alpha value is -1.84. The minimum absolute atomic E-state index is 0.159. The fourth-order valence-electron chi connectivity index (χ4n) is 2.01. The minimum atomic E-state index is -0.303. The fourth-order valence-corrected chi connectivity index (χ4v) is 2.31. The molecule has 20 heavy (non-hydrogen) atoms. The molecular weight excluding hydrogens is 280 g/mol. The lowest BCUT2D eigenvalue weighted by atomic mass is 10.3. The van der Waals surface area contributed by atoms with E-state index in [1.807, 2.05) is 19.9 Å². The van der Waals surface area contributed by atoms with Crippen molar-refractivity contribution in [3.05, 3.63) is 27.4 Å². The zero-order chi connectivity index (χ0) is 14.7. The van der Waals surface area contributed by atoms with Crippen LogP contribution in [0, 0.1) is 11.3 Å². The van der Waals surface area contributed by atoms with Crippen LogP contribution >= 0.6 is 11.6 Å². The van der Waals surface area contributed by atoms with Crippen molar-refractivity contribution in [1.82, 2.24) is 14.5 Å². The van der Waals surface area contributed by atoms with Crippen molar-refractivity contribution in [3.63, 3.8) is 0 Å². The largest absolute Gasteiger partial charge is 0.379 e. The van der Waals surface area contributed by atoms with Gasteiger partial charge in [0.1, 0.15) is 27.8 Å². The van der Waals surface area contributed by atoms with E-state index < -0.39 is 0 Å². The highest BCUT2D eigenvalue weighted by Gasteiger charge is 2.18. The zero-order valence-corrected chi connectivity index (χ0v) is 12.1. The zero-order valence-electron chi connectivity index (χ0n) is 11.3. The maximum absolute atomic E-state index is 11.9. The highest BCUT2D eigenvalue weighted by molar-refractivity contribution is 6.32. The SMILES string of the molecule is CC(C)OCCCn1c(Cl)c(C#N)c2nc[nH]c(=O)c21. The number of rotatable bonds is 5. The summed E-state index contributed by atoms with van der Waals surface area (Å²) in [6.45, 7) is 4.98. The molecule has 2 aromatic rings.